The van der Waals surface area contributed by atoms with Gasteiger partial charge in [0.1, 0.15) is 45.8 Å². The van der Waals surface area contributed by atoms with Crippen molar-refractivity contribution >= 4 is 11.9 Å². The fourth-order valence-electron chi connectivity index (χ4n) is 7.35. The number of piperazine rings is 3. The summed E-state index contributed by atoms with van der Waals surface area (Å²) in [6.07, 6.45) is 1.67. The third-order valence-electron chi connectivity index (χ3n) is 10.2. The van der Waals surface area contributed by atoms with E-state index < -0.39 is 23.8 Å². The maximum Gasteiger partial charge on any atom is 0.307 e. The van der Waals surface area contributed by atoms with Gasteiger partial charge in [0.05, 0.1) is 46.1 Å². The molecule has 0 spiro atoms. The van der Waals surface area contributed by atoms with Crippen molar-refractivity contribution in [1.29, 1.82) is 0 Å². The molecule has 2 atom stereocenters. The van der Waals surface area contributed by atoms with Crippen LogP contribution in [-0.2, 0) is 29.0 Å². The number of hydrogen-bond acceptors (Lipinski definition) is 2. The molecule has 3 saturated heterocycles. The Morgan fingerprint density at radius 2 is 1.07 bits per heavy atom. The van der Waals surface area contributed by atoms with Crippen molar-refractivity contribution in [1.82, 2.24) is 0 Å². The molecule has 0 aromatic heterocycles. The molecule has 44 heavy (non-hydrogen) atoms. The second kappa shape index (κ2) is 13.2. The van der Waals surface area contributed by atoms with E-state index in [0.717, 1.165) is 33.3 Å². The minimum atomic E-state index is -1.08. The lowest BCUT2D eigenvalue weighted by atomic mass is 9.82. The van der Waals surface area contributed by atoms with Gasteiger partial charge in [0, 0.05) is 12.0 Å². The maximum absolute atomic E-state index is 12.2. The Hall–Kier alpha value is -3.52. The first kappa shape index (κ1) is 31.9. The van der Waals surface area contributed by atoms with E-state index in [1.807, 2.05) is 54.6 Å². The lowest BCUT2D eigenvalue weighted by molar-refractivity contribution is -1.09. The summed E-state index contributed by atoms with van der Waals surface area (Å²) >= 11 is 0. The van der Waals surface area contributed by atoms with Crippen molar-refractivity contribution in [3.05, 3.63) is 95.6 Å². The number of rotatable bonds is 14. The zero-order valence-electron chi connectivity index (χ0n) is 26.7. The van der Waals surface area contributed by atoms with Crippen LogP contribution in [0.3, 0.4) is 0 Å². The van der Waals surface area contributed by atoms with Gasteiger partial charge in [-0.15, -0.1) is 0 Å². The summed E-state index contributed by atoms with van der Waals surface area (Å²) in [6.45, 7) is 11.4. The Labute approximate surface area is 262 Å². The molecule has 7 nitrogen and oxygen atoms in total. The predicted molar refractivity (Wildman–Crippen MR) is 174 cm³/mol. The third-order valence-corrected chi connectivity index (χ3v) is 10.2. The largest absolute Gasteiger partial charge is 0.481 e. The van der Waals surface area contributed by atoms with E-state index >= 15 is 0 Å². The average molecular weight is 601 g/mol. The molecule has 0 amide bonds. The van der Waals surface area contributed by atoms with E-state index in [1.165, 1.54) is 73.3 Å². The summed E-state index contributed by atoms with van der Waals surface area (Å²) in [5.41, 5.74) is 5.25. The van der Waals surface area contributed by atoms with Crippen molar-refractivity contribution in [2.45, 2.75) is 25.8 Å². The summed E-state index contributed by atoms with van der Waals surface area (Å²) < 4.78 is 3.59. The summed E-state index contributed by atoms with van der Waals surface area (Å²) in [5.74, 6) is -4.17. The molecule has 2 bridgehead atoms. The number of carbonyl (C=O) groups is 2. The molecule has 0 aliphatic carbocycles. The van der Waals surface area contributed by atoms with Crippen LogP contribution in [0.25, 0.3) is 11.1 Å². The molecule has 0 unspecified atom stereocenters. The summed E-state index contributed by atoms with van der Waals surface area (Å²) in [7, 11) is 6.87. The van der Waals surface area contributed by atoms with Gasteiger partial charge in [-0.1, -0.05) is 78.9 Å². The zero-order chi connectivity index (χ0) is 31.4. The highest BCUT2D eigenvalue weighted by Gasteiger charge is 2.48. The molecule has 7 heteroatoms. The maximum atomic E-state index is 12.2. The molecule has 3 heterocycles. The number of hydrogen-bond donors (Lipinski definition) is 2. The number of nitrogens with zero attached hydrogens (tertiary/aromatic N) is 3. The Morgan fingerprint density at radius 3 is 1.52 bits per heavy atom. The van der Waals surface area contributed by atoms with Gasteiger partial charge in [-0.2, -0.15) is 0 Å². The SMILES string of the molecule is C[N+](C)(C)CCC[N+]12CC[N+](Cc3ccc(-c4ccc(C[C@H](C(=O)O)[C@H](Cc5ccccc5)C(=O)O)cc4)cc3)(CC1)CC2. The van der Waals surface area contributed by atoms with Gasteiger partial charge in [-0.25, -0.2) is 0 Å². The van der Waals surface area contributed by atoms with E-state index in [1.54, 1.807) is 0 Å². The van der Waals surface area contributed by atoms with E-state index in [2.05, 4.69) is 45.4 Å². The standard InChI is InChI=1S/C37H48N3O4/c1-38(2,3)18-7-19-39-20-23-40(24-21-39,25-22-39)28-31-12-16-33(17-13-31)32-14-10-30(11-15-32)27-35(37(43)44)34(36(41)42)26-29-8-5-4-6-9-29/h4-6,8-17,34-35H,7,18-28H2,1-3H3/q+1/p+2/t34-,35-,39?,40?/m0/s1. The van der Waals surface area contributed by atoms with Crippen LogP contribution in [0.4, 0.5) is 0 Å². The number of quaternary nitrogens is 3. The van der Waals surface area contributed by atoms with Gasteiger partial charge in [0.2, 0.25) is 0 Å². The first-order valence-corrected chi connectivity index (χ1v) is 16.1. The highest BCUT2D eigenvalue weighted by Crippen LogP contribution is 2.31. The van der Waals surface area contributed by atoms with Gasteiger partial charge in [-0.3, -0.25) is 9.59 Å². The molecule has 0 radical (unpaired) electrons. The second-order valence-corrected chi connectivity index (χ2v) is 14.5. The lowest BCUT2D eigenvalue weighted by Gasteiger charge is -2.55. The normalized spacial score (nSPS) is 22.8. The fraction of sp³-hybridized carbons (Fsp3) is 0.459. The average Bonchev–Trinajstić information content (AvgIpc) is 3.00. The van der Waals surface area contributed by atoms with Crippen LogP contribution in [0.1, 0.15) is 23.1 Å². The van der Waals surface area contributed by atoms with Gasteiger partial charge in [0.25, 0.3) is 0 Å². The first-order chi connectivity index (χ1) is 20.9. The van der Waals surface area contributed by atoms with Crippen LogP contribution in [0, 0.1) is 11.8 Å². The Balaban J connectivity index is 1.18. The van der Waals surface area contributed by atoms with Crippen molar-refractivity contribution in [3.63, 3.8) is 0 Å². The molecule has 0 saturated carbocycles. The number of carboxylic acid groups (broad SMARTS) is 2. The molecule has 234 valence electrons. The quantitative estimate of drug-likeness (QED) is 0.261. The van der Waals surface area contributed by atoms with Gasteiger partial charge < -0.3 is 23.7 Å². The van der Waals surface area contributed by atoms with E-state index in [9.17, 15) is 19.8 Å². The monoisotopic (exact) mass is 600 g/mol. The molecule has 3 fully saturated rings. The fourth-order valence-corrected chi connectivity index (χ4v) is 7.35. The lowest BCUT2D eigenvalue weighted by Crippen LogP contribution is -2.74. The van der Waals surface area contributed by atoms with E-state index in [-0.39, 0.29) is 12.8 Å². The minimum Gasteiger partial charge on any atom is -0.481 e. The zero-order valence-corrected chi connectivity index (χ0v) is 26.7. The molecule has 6 rings (SSSR count). The van der Waals surface area contributed by atoms with Gasteiger partial charge >= 0.3 is 11.9 Å². The Bertz CT molecular complexity index is 1390. The Kier molecular flexibility index (Phi) is 9.59. The molecule has 3 aliphatic rings. The Morgan fingerprint density at radius 1 is 0.636 bits per heavy atom. The van der Waals surface area contributed by atoms with Crippen molar-refractivity contribution in [3.8, 4) is 11.1 Å². The molecule has 2 N–H and O–H groups in total. The highest BCUT2D eigenvalue weighted by atomic mass is 16.4. The minimum absolute atomic E-state index is 0.175. The number of aliphatic carboxylic acids is 2. The van der Waals surface area contributed by atoms with Crippen LogP contribution in [0.2, 0.25) is 0 Å². The molecular weight excluding hydrogens is 550 g/mol. The molecule has 3 aromatic rings. The van der Waals surface area contributed by atoms with Crippen LogP contribution in [-0.4, -0.2) is 109 Å². The van der Waals surface area contributed by atoms with Crippen LogP contribution in [0.5, 0.6) is 0 Å². The summed E-state index contributed by atoms with van der Waals surface area (Å²) in [4.78, 5) is 24.3. The van der Waals surface area contributed by atoms with Gasteiger partial charge in [-0.05, 0) is 35.1 Å². The summed E-state index contributed by atoms with van der Waals surface area (Å²) in [6, 6.07) is 26.1. The third kappa shape index (κ3) is 7.95. The van der Waals surface area contributed by atoms with Crippen molar-refractivity contribution < 1.29 is 33.3 Å². The first-order valence-electron chi connectivity index (χ1n) is 16.1. The molecule has 3 aromatic carbocycles. The van der Waals surface area contributed by atoms with Crippen LogP contribution in [0.15, 0.2) is 78.9 Å². The van der Waals surface area contributed by atoms with Crippen LogP contribution < -0.4 is 0 Å². The van der Waals surface area contributed by atoms with Crippen molar-refractivity contribution in [2.75, 3.05) is 73.5 Å². The number of carboxylic acids is 2. The van der Waals surface area contributed by atoms with Gasteiger partial charge in [0.15, 0.2) is 0 Å². The van der Waals surface area contributed by atoms with Crippen molar-refractivity contribution in [2.24, 2.45) is 11.8 Å². The summed E-state index contributed by atoms with van der Waals surface area (Å²) in [5, 5.41) is 19.8. The topological polar surface area (TPSA) is 74.6 Å². The van der Waals surface area contributed by atoms with Crippen LogP contribution >= 0.6 is 0 Å². The molecular formula is C37H50N3O4+3. The smallest absolute Gasteiger partial charge is 0.307 e. The molecule has 3 aliphatic heterocycles. The van der Waals surface area contributed by atoms with E-state index in [0.29, 0.717) is 0 Å². The second-order valence-electron chi connectivity index (χ2n) is 14.5. The number of benzene rings is 3. The van der Waals surface area contributed by atoms with E-state index in [4.69, 9.17) is 0 Å². The predicted octanol–water partition coefficient (Wildman–Crippen LogP) is 4.80. The number of fused-ring (bicyclic) bond motifs is 3. The highest BCUT2D eigenvalue weighted by molar-refractivity contribution is 5.80.